The summed E-state index contributed by atoms with van der Waals surface area (Å²) < 4.78 is 62.1. The van der Waals surface area contributed by atoms with E-state index in [4.69, 9.17) is 4.74 Å². The number of allylic oxidation sites excluding steroid dienone is 7. The van der Waals surface area contributed by atoms with Gasteiger partial charge in [0.1, 0.15) is 0 Å². The number of benzene rings is 1. The minimum Gasteiger partial charge on any atom is -0.491 e. The van der Waals surface area contributed by atoms with Crippen LogP contribution in [0.3, 0.4) is 0 Å². The number of aryl methyl sites for hydroxylation is 1. The van der Waals surface area contributed by atoms with Gasteiger partial charge in [0.05, 0.1) is 6.61 Å². The summed E-state index contributed by atoms with van der Waals surface area (Å²) in [6.45, 7) is 16.0. The van der Waals surface area contributed by atoms with Crippen molar-refractivity contribution in [3.8, 4) is 11.1 Å². The van der Waals surface area contributed by atoms with Crippen molar-refractivity contribution in [1.29, 1.82) is 0 Å². The summed E-state index contributed by atoms with van der Waals surface area (Å²) in [4.78, 5) is 13.6. The Labute approximate surface area is 195 Å². The summed E-state index contributed by atoms with van der Waals surface area (Å²) >= 11 is 0. The van der Waals surface area contributed by atoms with Crippen LogP contribution in [0, 0.1) is 11.6 Å². The second kappa shape index (κ2) is 11.8. The molecule has 7 heteroatoms. The van der Waals surface area contributed by atoms with Crippen LogP contribution in [0.2, 0.25) is 0 Å². The first-order chi connectivity index (χ1) is 16.1. The molecule has 178 valence electrons. The first-order valence-electron chi connectivity index (χ1n) is 10.3. The lowest BCUT2D eigenvalue weighted by Crippen LogP contribution is -2.03. The maximum absolute atomic E-state index is 14.6. The molecule has 34 heavy (non-hydrogen) atoms. The van der Waals surface area contributed by atoms with Crippen molar-refractivity contribution in [2.24, 2.45) is 0 Å². The average Bonchev–Trinajstić information content (AvgIpc) is 2.82. The zero-order valence-corrected chi connectivity index (χ0v) is 18.8. The van der Waals surface area contributed by atoms with Crippen LogP contribution in [-0.4, -0.2) is 11.6 Å². The van der Waals surface area contributed by atoms with Crippen molar-refractivity contribution in [3.05, 3.63) is 131 Å². The van der Waals surface area contributed by atoms with E-state index in [0.717, 1.165) is 0 Å². The van der Waals surface area contributed by atoms with Gasteiger partial charge in [0.15, 0.2) is 23.2 Å². The Kier molecular flexibility index (Phi) is 9.18. The molecule has 0 radical (unpaired) electrons. The van der Waals surface area contributed by atoms with Crippen molar-refractivity contribution < 1.29 is 22.3 Å². The molecule has 0 fully saturated rings. The Morgan fingerprint density at radius 2 is 1.71 bits per heavy atom. The Hall–Kier alpha value is -3.87. The Morgan fingerprint density at radius 1 is 1.00 bits per heavy atom. The van der Waals surface area contributed by atoms with Crippen molar-refractivity contribution in [2.45, 2.75) is 19.8 Å². The molecule has 3 nitrogen and oxygen atoms in total. The van der Waals surface area contributed by atoms with Gasteiger partial charge in [-0.1, -0.05) is 56.2 Å². The van der Waals surface area contributed by atoms with E-state index in [1.165, 1.54) is 42.6 Å². The van der Waals surface area contributed by atoms with Crippen LogP contribution in [0.25, 0.3) is 11.1 Å². The van der Waals surface area contributed by atoms with Gasteiger partial charge in [0, 0.05) is 29.0 Å². The lowest BCUT2D eigenvalue weighted by molar-refractivity contribution is 0.224. The topological polar surface area (TPSA) is 42.1 Å². The number of aromatic amines is 1. The molecule has 0 aliphatic carbocycles. The molecule has 1 heterocycles. The fourth-order valence-electron chi connectivity index (χ4n) is 2.91. The summed E-state index contributed by atoms with van der Waals surface area (Å²) in [6, 6.07) is 5.53. The number of hydrogen-bond acceptors (Lipinski definition) is 2. The molecular weight excluding hydrogens is 446 g/mol. The molecule has 0 atom stereocenters. The highest BCUT2D eigenvalue weighted by atomic mass is 19.2. The summed E-state index contributed by atoms with van der Waals surface area (Å²) in [5.74, 6) is -4.95. The van der Waals surface area contributed by atoms with Gasteiger partial charge in [0.2, 0.25) is 11.4 Å². The van der Waals surface area contributed by atoms with E-state index in [0.29, 0.717) is 11.1 Å². The number of halogens is 4. The molecular formula is C27H25F4NO2. The average molecular weight is 471 g/mol. The van der Waals surface area contributed by atoms with Crippen molar-refractivity contribution in [2.75, 3.05) is 6.61 Å². The minimum absolute atomic E-state index is 0.0281. The summed E-state index contributed by atoms with van der Waals surface area (Å²) in [6.07, 6.45) is 4.65. The van der Waals surface area contributed by atoms with Crippen LogP contribution in [0.4, 0.5) is 17.6 Å². The Bertz CT molecular complexity index is 1230. The number of H-pyrrole nitrogens is 1. The van der Waals surface area contributed by atoms with Gasteiger partial charge in [0.25, 0.3) is 0 Å². The summed E-state index contributed by atoms with van der Waals surface area (Å²) in [5, 5.41) is 0. The molecule has 1 aromatic carbocycles. The number of nitrogens with one attached hydrogen (secondary N) is 1. The van der Waals surface area contributed by atoms with E-state index in [9.17, 15) is 22.4 Å². The quantitative estimate of drug-likeness (QED) is 0.214. The number of ether oxygens (including phenoxy) is 1. The number of aromatic nitrogens is 1. The number of rotatable bonds is 11. The highest BCUT2D eigenvalue weighted by molar-refractivity contribution is 5.63. The van der Waals surface area contributed by atoms with Gasteiger partial charge in [-0.15, -0.1) is 0 Å². The lowest BCUT2D eigenvalue weighted by Gasteiger charge is -2.09. The van der Waals surface area contributed by atoms with Gasteiger partial charge < -0.3 is 9.72 Å². The van der Waals surface area contributed by atoms with Gasteiger partial charge in [-0.2, -0.15) is 4.39 Å². The Morgan fingerprint density at radius 3 is 2.32 bits per heavy atom. The minimum atomic E-state index is -1.26. The van der Waals surface area contributed by atoms with Gasteiger partial charge in [-0.25, -0.2) is 13.2 Å². The van der Waals surface area contributed by atoms with E-state index < -0.39 is 29.0 Å². The van der Waals surface area contributed by atoms with Crippen molar-refractivity contribution in [1.82, 2.24) is 4.98 Å². The molecule has 0 aliphatic rings. The third kappa shape index (κ3) is 6.57. The molecule has 0 saturated carbocycles. The van der Waals surface area contributed by atoms with Gasteiger partial charge in [-0.3, -0.25) is 4.79 Å². The third-order valence-corrected chi connectivity index (χ3v) is 4.90. The van der Waals surface area contributed by atoms with Crippen molar-refractivity contribution >= 4 is 0 Å². The van der Waals surface area contributed by atoms with Gasteiger partial charge in [-0.05, 0) is 37.0 Å². The first-order valence-corrected chi connectivity index (χ1v) is 10.3. The normalized spacial score (nSPS) is 11.8. The fraction of sp³-hybridized carbons (Fsp3) is 0.148. The predicted molar refractivity (Wildman–Crippen MR) is 127 cm³/mol. The van der Waals surface area contributed by atoms with E-state index in [2.05, 4.69) is 31.3 Å². The molecule has 0 amide bonds. The maximum Gasteiger partial charge on any atom is 0.247 e. The monoisotopic (exact) mass is 471 g/mol. The van der Waals surface area contributed by atoms with E-state index in [-0.39, 0.29) is 47.3 Å². The summed E-state index contributed by atoms with van der Waals surface area (Å²) in [5.41, 5.74) is 0.514. The molecule has 1 N–H and O–H groups in total. The maximum atomic E-state index is 14.6. The lowest BCUT2D eigenvalue weighted by atomic mass is 9.99. The summed E-state index contributed by atoms with van der Waals surface area (Å²) in [7, 11) is 0. The molecule has 0 bridgehead atoms. The third-order valence-electron chi connectivity index (χ3n) is 4.90. The largest absolute Gasteiger partial charge is 0.491 e. The molecule has 0 spiro atoms. The van der Waals surface area contributed by atoms with Crippen LogP contribution in [0.15, 0.2) is 108 Å². The van der Waals surface area contributed by atoms with E-state index >= 15 is 0 Å². The zero-order chi connectivity index (χ0) is 25.4. The molecule has 2 rings (SSSR count). The molecule has 1 aromatic heterocycles. The molecule has 0 aliphatic heterocycles. The van der Waals surface area contributed by atoms with Crippen LogP contribution >= 0.6 is 0 Å². The van der Waals surface area contributed by atoms with E-state index in [1.807, 2.05) is 0 Å². The predicted octanol–water partition coefficient (Wildman–Crippen LogP) is 7.18. The first kappa shape index (κ1) is 26.4. The highest BCUT2D eigenvalue weighted by Crippen LogP contribution is 2.28. The zero-order valence-electron chi connectivity index (χ0n) is 18.8. The molecule has 2 aromatic rings. The second-order valence-electron chi connectivity index (χ2n) is 7.32. The molecule has 0 unspecified atom stereocenters. The van der Waals surface area contributed by atoms with E-state index in [1.54, 1.807) is 6.92 Å². The Balaban J connectivity index is 2.04. The standard InChI is InChI=1S/C27H25F4NO2/c1-6-34-19(5)25(29)24(28)18(4)17(3)9-7-16(2)8-10-20-11-13-22(27(31)26(20)30)21-12-14-23(33)32-15-21/h7,9,11-15H,2-6,8,10H2,1H3,(H,32,33)/b9-7-,25-24-. The van der Waals surface area contributed by atoms with Crippen LogP contribution < -0.4 is 5.56 Å². The van der Waals surface area contributed by atoms with Crippen LogP contribution in [-0.2, 0) is 11.2 Å². The number of hydrogen-bond donors (Lipinski definition) is 1. The van der Waals surface area contributed by atoms with Crippen LogP contribution in [0.1, 0.15) is 18.9 Å². The smallest absolute Gasteiger partial charge is 0.247 e. The van der Waals surface area contributed by atoms with Crippen LogP contribution in [0.5, 0.6) is 0 Å². The SMILES string of the molecule is C=C(/C=C\C(=C)C(=C)/C(F)=C(/F)C(=C)OCC)CCc1ccc(-c2ccc(=O)[nH]c2)c(F)c1F. The second-order valence-corrected chi connectivity index (χ2v) is 7.32. The fourth-order valence-corrected chi connectivity index (χ4v) is 2.91. The highest BCUT2D eigenvalue weighted by Gasteiger charge is 2.16. The van der Waals surface area contributed by atoms with Crippen molar-refractivity contribution in [3.63, 3.8) is 0 Å². The molecule has 0 saturated heterocycles. The number of pyridine rings is 1. The van der Waals surface area contributed by atoms with Gasteiger partial charge >= 0.3 is 0 Å².